The minimum Gasteiger partial charge on any atom is -0.377 e. The van der Waals surface area contributed by atoms with Gasteiger partial charge in [0.2, 0.25) is 5.91 Å². The second-order valence-corrected chi connectivity index (χ2v) is 6.74. The summed E-state index contributed by atoms with van der Waals surface area (Å²) in [6.45, 7) is 2.91. The summed E-state index contributed by atoms with van der Waals surface area (Å²) >= 11 is 0. The van der Waals surface area contributed by atoms with Crippen LogP contribution in [0, 0.1) is 0 Å². The van der Waals surface area contributed by atoms with E-state index in [1.807, 2.05) is 4.90 Å². The lowest BCUT2D eigenvalue weighted by Gasteiger charge is -2.23. The Hall–Kier alpha value is -1.80. The Morgan fingerprint density at radius 1 is 1.23 bits per heavy atom. The lowest BCUT2D eigenvalue weighted by Crippen LogP contribution is -2.34. The van der Waals surface area contributed by atoms with E-state index < -0.39 is 11.7 Å². The average Bonchev–Trinajstić information content (AvgIpc) is 3.27. The number of nitrogens with one attached hydrogen (secondary N) is 2. The summed E-state index contributed by atoms with van der Waals surface area (Å²) in [5.74, 6) is -0.359. The fourth-order valence-electron chi connectivity index (χ4n) is 3.39. The van der Waals surface area contributed by atoms with Crippen LogP contribution in [0.3, 0.4) is 0 Å². The molecule has 2 aliphatic rings. The number of halogens is 3. The maximum absolute atomic E-state index is 13.0. The van der Waals surface area contributed by atoms with Crippen molar-refractivity contribution in [3.05, 3.63) is 23.8 Å². The summed E-state index contributed by atoms with van der Waals surface area (Å²) in [6.07, 6.45) is -0.365. The van der Waals surface area contributed by atoms with Crippen molar-refractivity contribution < 1.29 is 22.7 Å². The zero-order valence-corrected chi connectivity index (χ0v) is 14.6. The molecule has 2 saturated heterocycles. The van der Waals surface area contributed by atoms with E-state index in [-0.39, 0.29) is 24.2 Å². The van der Waals surface area contributed by atoms with E-state index in [0.29, 0.717) is 12.2 Å². The highest BCUT2D eigenvalue weighted by Gasteiger charge is 2.32. The number of hydrogen-bond acceptors (Lipinski definition) is 4. The molecule has 0 bridgehead atoms. The first-order valence-corrected chi connectivity index (χ1v) is 9.02. The summed E-state index contributed by atoms with van der Waals surface area (Å²) in [5.41, 5.74) is 0.0941. The second-order valence-electron chi connectivity index (χ2n) is 6.74. The third-order valence-corrected chi connectivity index (χ3v) is 4.73. The number of anilines is 2. The van der Waals surface area contributed by atoms with Gasteiger partial charge in [0.15, 0.2) is 0 Å². The van der Waals surface area contributed by atoms with E-state index >= 15 is 0 Å². The van der Waals surface area contributed by atoms with Crippen molar-refractivity contribution in [3.8, 4) is 0 Å². The Labute approximate surface area is 150 Å². The molecule has 2 heterocycles. The maximum atomic E-state index is 13.0. The van der Waals surface area contributed by atoms with E-state index in [9.17, 15) is 18.0 Å². The molecule has 2 fully saturated rings. The number of nitrogens with zero attached hydrogens (tertiary/aromatic N) is 1. The number of amides is 1. The zero-order valence-electron chi connectivity index (χ0n) is 14.6. The summed E-state index contributed by atoms with van der Waals surface area (Å²) in [6, 6.07) is 3.54. The molecule has 1 aromatic rings. The molecular weight excluding hydrogens is 347 g/mol. The van der Waals surface area contributed by atoms with E-state index in [1.54, 1.807) is 0 Å². The molecule has 1 unspecified atom stereocenters. The van der Waals surface area contributed by atoms with Gasteiger partial charge in [0.25, 0.3) is 0 Å². The summed E-state index contributed by atoms with van der Waals surface area (Å²) in [7, 11) is 0. The third kappa shape index (κ3) is 4.88. The van der Waals surface area contributed by atoms with Crippen molar-refractivity contribution in [1.82, 2.24) is 5.32 Å². The van der Waals surface area contributed by atoms with Crippen LogP contribution in [0.5, 0.6) is 0 Å². The Morgan fingerprint density at radius 2 is 2.00 bits per heavy atom. The van der Waals surface area contributed by atoms with E-state index in [1.165, 1.54) is 6.07 Å². The molecule has 0 radical (unpaired) electrons. The molecule has 8 heteroatoms. The van der Waals surface area contributed by atoms with Crippen molar-refractivity contribution in [2.24, 2.45) is 0 Å². The largest absolute Gasteiger partial charge is 0.416 e. The van der Waals surface area contributed by atoms with Crippen LogP contribution in [-0.2, 0) is 15.7 Å². The Balaban J connectivity index is 1.65. The molecule has 3 rings (SSSR count). The summed E-state index contributed by atoms with van der Waals surface area (Å²) in [5, 5.41) is 5.65. The molecule has 26 heavy (non-hydrogen) atoms. The van der Waals surface area contributed by atoms with Gasteiger partial charge in [-0.25, -0.2) is 0 Å². The number of ether oxygens (including phenoxy) is 1. The Morgan fingerprint density at radius 3 is 2.65 bits per heavy atom. The molecule has 144 valence electrons. The van der Waals surface area contributed by atoms with Crippen molar-refractivity contribution in [2.75, 3.05) is 43.0 Å². The molecule has 5 nitrogen and oxygen atoms in total. The quantitative estimate of drug-likeness (QED) is 0.807. The first-order valence-electron chi connectivity index (χ1n) is 9.02. The van der Waals surface area contributed by atoms with Crippen LogP contribution in [0.2, 0.25) is 0 Å². The maximum Gasteiger partial charge on any atom is 0.416 e. The minimum atomic E-state index is -4.44. The minimum absolute atomic E-state index is 0.0372. The second kappa shape index (κ2) is 8.26. The molecule has 2 N–H and O–H groups in total. The zero-order chi connectivity index (χ0) is 18.6. The standard InChI is InChI=1S/C18H24F3N3O2/c19-18(20,21)13-5-6-16(24-7-1-2-8-24)15(10-13)23-17(25)12-22-11-14-4-3-9-26-14/h5-6,10,14,22H,1-4,7-9,11-12H2,(H,23,25). The van der Waals surface area contributed by atoms with Crippen LogP contribution in [0.25, 0.3) is 0 Å². The highest BCUT2D eigenvalue weighted by molar-refractivity contribution is 5.95. The molecule has 1 atom stereocenters. The predicted molar refractivity (Wildman–Crippen MR) is 93.4 cm³/mol. The number of hydrogen-bond donors (Lipinski definition) is 2. The van der Waals surface area contributed by atoms with Crippen LogP contribution in [0.15, 0.2) is 18.2 Å². The van der Waals surface area contributed by atoms with Gasteiger partial charge in [0.1, 0.15) is 0 Å². The average molecular weight is 371 g/mol. The normalized spacial score (nSPS) is 20.6. The molecule has 2 aliphatic heterocycles. The van der Waals surface area contributed by atoms with Crippen LogP contribution >= 0.6 is 0 Å². The van der Waals surface area contributed by atoms with Crippen LogP contribution < -0.4 is 15.5 Å². The number of carbonyl (C=O) groups is 1. The van der Waals surface area contributed by atoms with Gasteiger partial charge < -0.3 is 20.3 Å². The number of carbonyl (C=O) groups excluding carboxylic acids is 1. The lowest BCUT2D eigenvalue weighted by atomic mass is 10.1. The van der Waals surface area contributed by atoms with Gasteiger partial charge in [-0.1, -0.05) is 0 Å². The number of benzene rings is 1. The fourth-order valence-corrected chi connectivity index (χ4v) is 3.39. The molecular formula is C18H24F3N3O2. The molecule has 0 saturated carbocycles. The highest BCUT2D eigenvalue weighted by Crippen LogP contribution is 2.36. The van der Waals surface area contributed by atoms with Gasteiger partial charge in [-0.2, -0.15) is 13.2 Å². The van der Waals surface area contributed by atoms with E-state index in [0.717, 1.165) is 57.5 Å². The van der Waals surface area contributed by atoms with Gasteiger partial charge in [0.05, 0.1) is 29.6 Å². The van der Waals surface area contributed by atoms with Gasteiger partial charge in [-0.05, 0) is 43.9 Å². The number of rotatable bonds is 6. The smallest absolute Gasteiger partial charge is 0.377 e. The van der Waals surface area contributed by atoms with Gasteiger partial charge in [0, 0.05) is 26.2 Å². The van der Waals surface area contributed by atoms with Crippen LogP contribution in [0.1, 0.15) is 31.2 Å². The molecule has 0 aromatic heterocycles. The highest BCUT2D eigenvalue weighted by atomic mass is 19.4. The molecule has 1 aromatic carbocycles. The van der Waals surface area contributed by atoms with Crippen molar-refractivity contribution in [3.63, 3.8) is 0 Å². The van der Waals surface area contributed by atoms with Gasteiger partial charge in [-0.3, -0.25) is 4.79 Å². The monoisotopic (exact) mass is 371 g/mol. The molecule has 0 aliphatic carbocycles. The summed E-state index contributed by atoms with van der Waals surface area (Å²) < 4.78 is 44.6. The van der Waals surface area contributed by atoms with Crippen molar-refractivity contribution in [1.29, 1.82) is 0 Å². The van der Waals surface area contributed by atoms with E-state index in [2.05, 4.69) is 10.6 Å². The SMILES string of the molecule is O=C(CNCC1CCCO1)Nc1cc(C(F)(F)F)ccc1N1CCCC1. The fraction of sp³-hybridized carbons (Fsp3) is 0.611. The van der Waals surface area contributed by atoms with E-state index in [4.69, 9.17) is 4.74 Å². The molecule has 1 amide bonds. The van der Waals surface area contributed by atoms with Crippen LogP contribution in [-0.4, -0.2) is 44.8 Å². The number of alkyl halides is 3. The summed E-state index contributed by atoms with van der Waals surface area (Å²) in [4.78, 5) is 14.2. The Bertz CT molecular complexity index is 625. The van der Waals surface area contributed by atoms with Gasteiger partial charge >= 0.3 is 6.18 Å². The topological polar surface area (TPSA) is 53.6 Å². The van der Waals surface area contributed by atoms with Crippen molar-refractivity contribution >= 4 is 17.3 Å². The first kappa shape index (κ1) is 19.0. The third-order valence-electron chi connectivity index (χ3n) is 4.73. The first-order chi connectivity index (χ1) is 12.4. The van der Waals surface area contributed by atoms with Gasteiger partial charge in [-0.15, -0.1) is 0 Å². The Kier molecular flexibility index (Phi) is 6.03. The van der Waals surface area contributed by atoms with Crippen LogP contribution in [0.4, 0.5) is 24.5 Å². The lowest BCUT2D eigenvalue weighted by molar-refractivity contribution is -0.137. The van der Waals surface area contributed by atoms with Crippen molar-refractivity contribution in [2.45, 2.75) is 38.0 Å². The molecule has 0 spiro atoms. The predicted octanol–water partition coefficient (Wildman–Crippen LogP) is 3.01.